The summed E-state index contributed by atoms with van der Waals surface area (Å²) in [5, 5.41) is 0. The summed E-state index contributed by atoms with van der Waals surface area (Å²) in [7, 11) is 0. The van der Waals surface area contributed by atoms with Crippen LogP contribution in [0.1, 0.15) is 47.9 Å². The topological polar surface area (TPSA) is 0 Å². The van der Waals surface area contributed by atoms with Crippen LogP contribution in [0.5, 0.6) is 0 Å². The van der Waals surface area contributed by atoms with Crippen molar-refractivity contribution in [2.45, 2.75) is 33.9 Å². The van der Waals surface area contributed by atoms with Gasteiger partial charge in [0.05, 0.1) is 0 Å². The summed E-state index contributed by atoms with van der Waals surface area (Å²) in [6, 6.07) is 18.1. The van der Waals surface area contributed by atoms with Crippen molar-refractivity contribution >= 4 is 12.2 Å². The second kappa shape index (κ2) is 6.84. The SMILES string of the molecule is C[C@@H]1[C]([Zr+2]2([C]3=Cc4ccccc4[C@H]3C)[CH2][CH2]2)=Cc2ccccc21.[Cl-].[Cl-]. The van der Waals surface area contributed by atoms with Crippen molar-refractivity contribution in [3.8, 4) is 0 Å². The van der Waals surface area contributed by atoms with Crippen molar-refractivity contribution in [1.29, 1.82) is 0 Å². The van der Waals surface area contributed by atoms with Crippen LogP contribution in [0.2, 0.25) is 8.26 Å². The maximum absolute atomic E-state index is 2.58. The molecule has 0 nitrogen and oxygen atoms in total. The molecule has 2 aliphatic carbocycles. The largest absolute Gasteiger partial charge is 1.00 e. The van der Waals surface area contributed by atoms with Crippen LogP contribution in [-0.4, -0.2) is 0 Å². The number of hydrogen-bond acceptors (Lipinski definition) is 0. The van der Waals surface area contributed by atoms with E-state index in [1.807, 2.05) is 6.56 Å². The van der Waals surface area contributed by atoms with Crippen LogP contribution < -0.4 is 24.8 Å². The molecular formula is C22H22Cl2Zr. The molecule has 0 aromatic heterocycles. The van der Waals surface area contributed by atoms with Gasteiger partial charge in [-0.1, -0.05) is 0 Å². The first-order valence-electron chi connectivity index (χ1n) is 8.83. The van der Waals surface area contributed by atoms with Gasteiger partial charge in [0, 0.05) is 0 Å². The van der Waals surface area contributed by atoms with Crippen LogP contribution in [0, 0.1) is 0 Å². The maximum atomic E-state index is 2.58. The molecule has 0 amide bonds. The number of benzene rings is 2. The van der Waals surface area contributed by atoms with Gasteiger partial charge in [-0.2, -0.15) is 0 Å². The molecule has 0 radical (unpaired) electrons. The van der Waals surface area contributed by atoms with Crippen molar-refractivity contribution in [2.75, 3.05) is 0 Å². The maximum Gasteiger partial charge on any atom is -1.00 e. The zero-order valence-electron chi connectivity index (χ0n) is 14.6. The van der Waals surface area contributed by atoms with Crippen LogP contribution >= 0.6 is 0 Å². The summed E-state index contributed by atoms with van der Waals surface area (Å²) in [5.74, 6) is 1.31. The Morgan fingerprint density at radius 3 is 1.44 bits per heavy atom. The number of fused-ring (bicyclic) bond motifs is 2. The Morgan fingerprint density at radius 1 is 0.680 bits per heavy atom. The molecule has 3 heteroatoms. The molecule has 1 saturated heterocycles. The molecule has 1 aliphatic heterocycles. The third-order valence-corrected chi connectivity index (χ3v) is 18.3. The second-order valence-electron chi connectivity index (χ2n) is 7.48. The average Bonchev–Trinajstić information content (AvgIpc) is 3.22. The molecular weight excluding hydrogens is 426 g/mol. The summed E-state index contributed by atoms with van der Waals surface area (Å²) in [4.78, 5) is 0. The van der Waals surface area contributed by atoms with Crippen LogP contribution in [0.15, 0.2) is 55.1 Å². The Kier molecular flexibility index (Phi) is 5.24. The van der Waals surface area contributed by atoms with Gasteiger partial charge in [0.2, 0.25) is 0 Å². The smallest absolute Gasteiger partial charge is 1.00 e. The quantitative estimate of drug-likeness (QED) is 0.621. The monoisotopic (exact) mass is 446 g/mol. The minimum absolute atomic E-state index is 0. The first kappa shape index (κ1) is 19.2. The van der Waals surface area contributed by atoms with Gasteiger partial charge >= 0.3 is 144 Å². The van der Waals surface area contributed by atoms with Gasteiger partial charge in [-0.05, 0) is 0 Å². The molecule has 25 heavy (non-hydrogen) atoms. The molecule has 1 heterocycles. The fourth-order valence-electron chi connectivity index (χ4n) is 4.97. The molecule has 0 spiro atoms. The van der Waals surface area contributed by atoms with Crippen molar-refractivity contribution in [1.82, 2.24) is 0 Å². The summed E-state index contributed by atoms with van der Waals surface area (Å²) in [6.07, 6.45) is 5.17. The van der Waals surface area contributed by atoms with E-state index in [-0.39, 0.29) is 24.8 Å². The third kappa shape index (κ3) is 2.75. The molecule has 128 valence electrons. The van der Waals surface area contributed by atoms with Gasteiger partial charge in [0.15, 0.2) is 0 Å². The summed E-state index contributed by atoms with van der Waals surface area (Å²) < 4.78 is 6.80. The van der Waals surface area contributed by atoms with Crippen LogP contribution in [0.4, 0.5) is 0 Å². The zero-order chi connectivity index (χ0) is 15.6. The average molecular weight is 449 g/mol. The van der Waals surface area contributed by atoms with Crippen molar-refractivity contribution in [3.63, 3.8) is 0 Å². The van der Waals surface area contributed by atoms with Gasteiger partial charge in [-0.25, -0.2) is 0 Å². The first-order valence-corrected chi connectivity index (χ1v) is 14.8. The van der Waals surface area contributed by atoms with E-state index in [4.69, 9.17) is 0 Å². The number of allylic oxidation sites excluding steroid dienone is 2. The Bertz CT molecular complexity index is 808. The Hall–Kier alpha value is -0.617. The fraction of sp³-hybridized carbons (Fsp3) is 0.273. The third-order valence-electron chi connectivity index (χ3n) is 6.34. The predicted molar refractivity (Wildman–Crippen MR) is 95.3 cm³/mol. The molecule has 0 unspecified atom stereocenters. The fourth-order valence-corrected chi connectivity index (χ4v) is 19.8. The molecule has 2 aromatic carbocycles. The molecule has 0 saturated carbocycles. The van der Waals surface area contributed by atoms with E-state index in [0.717, 1.165) is 0 Å². The Morgan fingerprint density at radius 2 is 1.08 bits per heavy atom. The van der Waals surface area contributed by atoms with E-state index >= 15 is 0 Å². The van der Waals surface area contributed by atoms with Crippen molar-refractivity contribution in [3.05, 3.63) is 77.3 Å². The van der Waals surface area contributed by atoms with Crippen LogP contribution in [0.25, 0.3) is 12.2 Å². The second-order valence-corrected chi connectivity index (χ2v) is 18.1. The van der Waals surface area contributed by atoms with Crippen LogP contribution in [0.3, 0.4) is 0 Å². The van der Waals surface area contributed by atoms with E-state index in [2.05, 4.69) is 74.5 Å². The minimum Gasteiger partial charge on any atom is -1.00 e. The van der Waals surface area contributed by atoms with E-state index in [1.165, 1.54) is 19.4 Å². The van der Waals surface area contributed by atoms with Crippen LogP contribution in [-0.2, 0) is 20.3 Å². The van der Waals surface area contributed by atoms with Gasteiger partial charge in [0.1, 0.15) is 0 Å². The van der Waals surface area contributed by atoms with Gasteiger partial charge in [-0.15, -0.1) is 0 Å². The minimum atomic E-state index is -2.27. The molecule has 2 atom stereocenters. The Labute approximate surface area is 167 Å². The van der Waals surface area contributed by atoms with E-state index < -0.39 is 20.3 Å². The summed E-state index contributed by atoms with van der Waals surface area (Å²) >= 11 is -2.27. The standard InChI is InChI=1S/2C10H9.C2H4.2ClH.Zr/c2*1-8-6-7-9-4-2-3-5-10(8)9;1-2;;;/h2*2-5,7-8H,1H3;1-2H2;2*1H;/q;;;;;+2/p-2/t2*8-;;;;/m10..../s1. The van der Waals surface area contributed by atoms with Gasteiger partial charge in [-0.3, -0.25) is 0 Å². The number of hydrogen-bond donors (Lipinski definition) is 0. The van der Waals surface area contributed by atoms with E-state index in [1.54, 1.807) is 11.1 Å². The molecule has 2 aromatic rings. The summed E-state index contributed by atoms with van der Waals surface area (Å²) in [5.41, 5.74) is 6.10. The number of halogens is 2. The molecule has 3 aliphatic rings. The molecule has 1 fully saturated rings. The predicted octanol–water partition coefficient (Wildman–Crippen LogP) is 0.315. The van der Waals surface area contributed by atoms with Gasteiger partial charge < -0.3 is 24.8 Å². The Balaban J connectivity index is 0.000000911. The van der Waals surface area contributed by atoms with Crippen molar-refractivity contribution < 1.29 is 45.1 Å². The molecule has 5 rings (SSSR count). The normalized spacial score (nSPS) is 23.0. The first-order chi connectivity index (χ1) is 11.2. The molecule has 0 N–H and O–H groups in total. The molecule has 0 bridgehead atoms. The van der Waals surface area contributed by atoms with E-state index in [9.17, 15) is 0 Å². The van der Waals surface area contributed by atoms with E-state index in [0.29, 0.717) is 11.8 Å². The van der Waals surface area contributed by atoms with Gasteiger partial charge in [0.25, 0.3) is 0 Å². The van der Waals surface area contributed by atoms with Crippen molar-refractivity contribution in [2.24, 2.45) is 0 Å². The zero-order valence-corrected chi connectivity index (χ0v) is 18.6. The summed E-state index contributed by atoms with van der Waals surface area (Å²) in [6.45, 7) is 4.89. The number of rotatable bonds is 2.